The van der Waals surface area contributed by atoms with E-state index in [-0.39, 0.29) is 18.4 Å². The van der Waals surface area contributed by atoms with Crippen molar-refractivity contribution in [2.45, 2.75) is 39.2 Å². The zero-order chi connectivity index (χ0) is 11.3. The molecule has 1 rings (SSSR count). The minimum absolute atomic E-state index is 0. The van der Waals surface area contributed by atoms with Gasteiger partial charge in [0, 0.05) is 12.1 Å². The van der Waals surface area contributed by atoms with E-state index in [1.807, 2.05) is 0 Å². The molecule has 0 aliphatic carbocycles. The molecule has 0 amide bonds. The predicted octanol–water partition coefficient (Wildman–Crippen LogP) is 3.12. The van der Waals surface area contributed by atoms with Crippen LogP contribution in [0.15, 0.2) is 6.07 Å². The number of nitrogens with two attached hydrogens (primary N) is 1. The summed E-state index contributed by atoms with van der Waals surface area (Å²) < 4.78 is 0. The van der Waals surface area contributed by atoms with Crippen LogP contribution in [0.4, 0.5) is 11.8 Å². The van der Waals surface area contributed by atoms with Crippen LogP contribution in [0.5, 0.6) is 0 Å². The zero-order valence-corrected chi connectivity index (χ0v) is 11.1. The molecule has 1 aromatic rings. The number of nitrogens with zero attached hydrogens (tertiary/aromatic N) is 2. The third-order valence-corrected chi connectivity index (χ3v) is 2.29. The van der Waals surface area contributed by atoms with Gasteiger partial charge in [0.05, 0.1) is 0 Å². The Morgan fingerprint density at radius 2 is 2.19 bits per heavy atom. The van der Waals surface area contributed by atoms with E-state index in [4.69, 9.17) is 17.3 Å². The Bertz CT molecular complexity index is 299. The Morgan fingerprint density at radius 3 is 2.75 bits per heavy atom. The minimum atomic E-state index is 0. The zero-order valence-electron chi connectivity index (χ0n) is 9.53. The molecule has 16 heavy (non-hydrogen) atoms. The van der Waals surface area contributed by atoms with E-state index in [2.05, 4.69) is 29.1 Å². The Morgan fingerprint density at radius 1 is 1.50 bits per heavy atom. The molecule has 92 valence electrons. The van der Waals surface area contributed by atoms with Crippen molar-refractivity contribution in [2.75, 3.05) is 11.1 Å². The van der Waals surface area contributed by atoms with Gasteiger partial charge in [0.2, 0.25) is 5.95 Å². The SMILES string of the molecule is CCCCC(C)Nc1cc(Cl)nc(N)n1.Cl. The molecular formula is C10H18Cl2N4. The predicted molar refractivity (Wildman–Crippen MR) is 71.3 cm³/mol. The van der Waals surface area contributed by atoms with E-state index in [1.165, 1.54) is 12.8 Å². The summed E-state index contributed by atoms with van der Waals surface area (Å²) >= 11 is 5.77. The Hall–Kier alpha value is -0.740. The average Bonchev–Trinajstić information content (AvgIpc) is 2.13. The summed E-state index contributed by atoms with van der Waals surface area (Å²) in [5.74, 6) is 0.892. The molecule has 0 spiro atoms. The van der Waals surface area contributed by atoms with Gasteiger partial charge in [0.1, 0.15) is 11.0 Å². The molecular weight excluding hydrogens is 247 g/mol. The number of nitrogen functional groups attached to an aromatic ring is 1. The molecule has 0 saturated carbocycles. The van der Waals surface area contributed by atoms with Crippen LogP contribution < -0.4 is 11.1 Å². The number of anilines is 2. The lowest BCUT2D eigenvalue weighted by Gasteiger charge is -2.13. The second-order valence-electron chi connectivity index (χ2n) is 3.62. The van der Waals surface area contributed by atoms with Gasteiger partial charge in [-0.3, -0.25) is 0 Å². The molecule has 1 aromatic heterocycles. The fourth-order valence-electron chi connectivity index (χ4n) is 1.34. The largest absolute Gasteiger partial charge is 0.368 e. The van der Waals surface area contributed by atoms with Crippen LogP contribution in [-0.2, 0) is 0 Å². The first-order chi connectivity index (χ1) is 7.11. The summed E-state index contributed by atoms with van der Waals surface area (Å²) in [7, 11) is 0. The minimum Gasteiger partial charge on any atom is -0.368 e. The summed E-state index contributed by atoms with van der Waals surface area (Å²) in [6.45, 7) is 4.29. The molecule has 1 heterocycles. The third-order valence-electron chi connectivity index (χ3n) is 2.10. The van der Waals surface area contributed by atoms with Gasteiger partial charge >= 0.3 is 0 Å². The topological polar surface area (TPSA) is 63.8 Å². The Balaban J connectivity index is 0.00000225. The molecule has 0 bridgehead atoms. The maximum atomic E-state index is 5.77. The van der Waals surface area contributed by atoms with Gasteiger partial charge in [-0.2, -0.15) is 4.98 Å². The molecule has 0 saturated heterocycles. The van der Waals surface area contributed by atoms with Crippen molar-refractivity contribution in [2.24, 2.45) is 0 Å². The van der Waals surface area contributed by atoms with Crippen LogP contribution >= 0.6 is 24.0 Å². The van der Waals surface area contributed by atoms with Crippen molar-refractivity contribution in [3.63, 3.8) is 0 Å². The standard InChI is InChI=1S/C10H17ClN4.ClH/c1-3-4-5-7(2)13-9-6-8(11)14-10(12)15-9;/h6-7H,3-5H2,1-2H3,(H3,12,13,14,15);1H. The number of hydrogen-bond acceptors (Lipinski definition) is 4. The maximum Gasteiger partial charge on any atom is 0.223 e. The molecule has 3 N–H and O–H groups in total. The maximum absolute atomic E-state index is 5.77. The van der Waals surface area contributed by atoms with Crippen LogP contribution in [0, 0.1) is 0 Å². The molecule has 0 aromatic carbocycles. The van der Waals surface area contributed by atoms with Gasteiger partial charge in [0.15, 0.2) is 0 Å². The van der Waals surface area contributed by atoms with Crippen LogP contribution in [-0.4, -0.2) is 16.0 Å². The molecule has 0 radical (unpaired) electrons. The van der Waals surface area contributed by atoms with E-state index in [0.29, 0.717) is 17.0 Å². The number of halogens is 2. The van der Waals surface area contributed by atoms with Gasteiger partial charge in [-0.1, -0.05) is 31.4 Å². The van der Waals surface area contributed by atoms with E-state index in [0.717, 1.165) is 6.42 Å². The lowest BCUT2D eigenvalue weighted by molar-refractivity contribution is 0.643. The average molecular weight is 265 g/mol. The number of rotatable bonds is 5. The smallest absolute Gasteiger partial charge is 0.223 e. The first-order valence-corrected chi connectivity index (χ1v) is 5.56. The van der Waals surface area contributed by atoms with Gasteiger partial charge in [-0.25, -0.2) is 4.98 Å². The summed E-state index contributed by atoms with van der Waals surface area (Å²) in [4.78, 5) is 7.85. The number of hydrogen-bond donors (Lipinski definition) is 2. The molecule has 6 heteroatoms. The highest BCUT2D eigenvalue weighted by Gasteiger charge is 2.04. The molecule has 0 fully saturated rings. The van der Waals surface area contributed by atoms with Crippen molar-refractivity contribution < 1.29 is 0 Å². The lowest BCUT2D eigenvalue weighted by atomic mass is 10.1. The summed E-state index contributed by atoms with van der Waals surface area (Å²) in [5.41, 5.74) is 5.49. The van der Waals surface area contributed by atoms with Crippen molar-refractivity contribution in [3.8, 4) is 0 Å². The third kappa shape index (κ3) is 5.37. The fraction of sp³-hybridized carbons (Fsp3) is 0.600. The van der Waals surface area contributed by atoms with Crippen molar-refractivity contribution >= 4 is 35.8 Å². The molecule has 0 aliphatic rings. The summed E-state index contributed by atoms with van der Waals surface area (Å²) in [6.07, 6.45) is 3.50. The number of nitrogens with one attached hydrogen (secondary N) is 1. The first-order valence-electron chi connectivity index (χ1n) is 5.18. The number of unbranched alkanes of at least 4 members (excludes halogenated alkanes) is 1. The highest BCUT2D eigenvalue weighted by atomic mass is 35.5. The van der Waals surface area contributed by atoms with Crippen LogP contribution in [0.3, 0.4) is 0 Å². The molecule has 4 nitrogen and oxygen atoms in total. The van der Waals surface area contributed by atoms with Crippen molar-refractivity contribution in [3.05, 3.63) is 11.2 Å². The molecule has 0 aliphatic heterocycles. The van der Waals surface area contributed by atoms with Crippen LogP contribution in [0.1, 0.15) is 33.1 Å². The highest BCUT2D eigenvalue weighted by molar-refractivity contribution is 6.29. The second-order valence-corrected chi connectivity index (χ2v) is 4.01. The number of aromatic nitrogens is 2. The lowest BCUT2D eigenvalue weighted by Crippen LogP contribution is -2.16. The van der Waals surface area contributed by atoms with Crippen LogP contribution in [0.2, 0.25) is 5.15 Å². The molecule has 1 atom stereocenters. The highest BCUT2D eigenvalue weighted by Crippen LogP contribution is 2.14. The van der Waals surface area contributed by atoms with E-state index < -0.39 is 0 Å². The van der Waals surface area contributed by atoms with E-state index in [9.17, 15) is 0 Å². The van der Waals surface area contributed by atoms with E-state index in [1.54, 1.807) is 6.07 Å². The van der Waals surface area contributed by atoms with Gasteiger partial charge < -0.3 is 11.1 Å². The Labute approximate surface area is 107 Å². The second kappa shape index (κ2) is 7.52. The van der Waals surface area contributed by atoms with Crippen molar-refractivity contribution in [1.82, 2.24) is 9.97 Å². The monoisotopic (exact) mass is 264 g/mol. The fourth-order valence-corrected chi connectivity index (χ4v) is 1.53. The van der Waals surface area contributed by atoms with Gasteiger partial charge in [-0.15, -0.1) is 12.4 Å². The van der Waals surface area contributed by atoms with Crippen LogP contribution in [0.25, 0.3) is 0 Å². The van der Waals surface area contributed by atoms with Gasteiger partial charge in [0.25, 0.3) is 0 Å². The Kier molecular flexibility index (Phi) is 7.17. The normalized spacial score (nSPS) is 11.7. The molecule has 1 unspecified atom stereocenters. The van der Waals surface area contributed by atoms with E-state index >= 15 is 0 Å². The quantitative estimate of drug-likeness (QED) is 0.803. The summed E-state index contributed by atoms with van der Waals surface area (Å²) in [5, 5.41) is 3.61. The van der Waals surface area contributed by atoms with Crippen molar-refractivity contribution in [1.29, 1.82) is 0 Å². The first kappa shape index (κ1) is 15.3. The van der Waals surface area contributed by atoms with Gasteiger partial charge in [-0.05, 0) is 13.3 Å². The summed E-state index contributed by atoms with van der Waals surface area (Å²) in [6, 6.07) is 2.05.